The highest BCUT2D eigenvalue weighted by Crippen LogP contribution is 2.36. The third-order valence-corrected chi connectivity index (χ3v) is 5.30. The topological polar surface area (TPSA) is 119 Å². The molecule has 3 N–H and O–H groups in total. The van der Waals surface area contributed by atoms with Gasteiger partial charge in [0.15, 0.2) is 0 Å². The van der Waals surface area contributed by atoms with Crippen LogP contribution in [0.2, 0.25) is 5.02 Å². The normalized spacial score (nSPS) is 10.9. The van der Waals surface area contributed by atoms with Gasteiger partial charge in [-0.2, -0.15) is 13.2 Å². The van der Waals surface area contributed by atoms with Crippen LogP contribution in [0, 0.1) is 0 Å². The number of nitrogens with one attached hydrogen (secondary N) is 3. The van der Waals surface area contributed by atoms with Gasteiger partial charge in [0.25, 0.3) is 5.91 Å². The molecular formula is C25H22ClF3N4O5. The first-order chi connectivity index (χ1) is 18.1. The van der Waals surface area contributed by atoms with Crippen molar-refractivity contribution in [1.82, 2.24) is 10.3 Å². The first kappa shape index (κ1) is 28.3. The number of alkyl halides is 3. The van der Waals surface area contributed by atoms with E-state index in [1.165, 1.54) is 55.9 Å². The maximum Gasteiger partial charge on any atom is 0.417 e. The van der Waals surface area contributed by atoms with Crippen LogP contribution in [0.3, 0.4) is 0 Å². The third-order valence-electron chi connectivity index (χ3n) is 4.97. The van der Waals surface area contributed by atoms with Crippen molar-refractivity contribution in [2.45, 2.75) is 19.0 Å². The van der Waals surface area contributed by atoms with Crippen LogP contribution in [0.5, 0.6) is 11.5 Å². The van der Waals surface area contributed by atoms with E-state index >= 15 is 0 Å². The number of amides is 3. The summed E-state index contributed by atoms with van der Waals surface area (Å²) in [6.45, 7) is 0.248. The van der Waals surface area contributed by atoms with Gasteiger partial charge in [0.05, 0.1) is 17.7 Å². The van der Waals surface area contributed by atoms with Crippen molar-refractivity contribution in [2.75, 3.05) is 24.3 Å². The van der Waals surface area contributed by atoms with Crippen molar-refractivity contribution in [2.24, 2.45) is 0 Å². The van der Waals surface area contributed by atoms with E-state index in [4.69, 9.17) is 16.3 Å². The molecule has 0 unspecified atom stereocenters. The van der Waals surface area contributed by atoms with Crippen molar-refractivity contribution in [3.8, 4) is 11.5 Å². The molecule has 2 aromatic carbocycles. The number of hydrogen-bond donors (Lipinski definition) is 3. The fraction of sp³-hybridized carbons (Fsp3) is 0.200. The number of esters is 1. The lowest BCUT2D eigenvalue weighted by Gasteiger charge is -2.13. The molecule has 0 fully saturated rings. The molecule has 1 aromatic heterocycles. The van der Waals surface area contributed by atoms with Crippen LogP contribution in [0.15, 0.2) is 60.9 Å². The summed E-state index contributed by atoms with van der Waals surface area (Å²) < 4.78 is 49.4. The largest absolute Gasteiger partial charge is 0.469 e. The predicted octanol–water partition coefficient (Wildman–Crippen LogP) is 5.87. The van der Waals surface area contributed by atoms with Gasteiger partial charge in [-0.05, 0) is 55.0 Å². The monoisotopic (exact) mass is 550 g/mol. The highest BCUT2D eigenvalue weighted by atomic mass is 35.5. The van der Waals surface area contributed by atoms with E-state index in [0.717, 1.165) is 12.1 Å². The molecule has 38 heavy (non-hydrogen) atoms. The molecule has 0 saturated carbocycles. The highest BCUT2D eigenvalue weighted by molar-refractivity contribution is 6.31. The summed E-state index contributed by atoms with van der Waals surface area (Å²) in [4.78, 5) is 39.9. The quantitative estimate of drug-likeness (QED) is 0.226. The Labute approximate surface area is 220 Å². The standard InChI is InChI=1S/C25H22ClF3N4O5/c1-37-22(34)3-2-11-31-23(35)18-14-30-12-10-21(18)38-17-7-4-15(5-8-17)32-24(36)33-16-6-9-20(26)19(13-16)25(27,28)29/h4-10,12-14H,2-3,11H2,1H3,(H,31,35)(H2,32,33,36). The number of aromatic nitrogens is 1. The number of methoxy groups -OCH3 is 1. The van der Waals surface area contributed by atoms with Crippen LogP contribution < -0.4 is 20.7 Å². The zero-order valence-electron chi connectivity index (χ0n) is 19.9. The number of nitrogens with zero attached hydrogens (tertiary/aromatic N) is 1. The average Bonchev–Trinajstić information content (AvgIpc) is 2.88. The van der Waals surface area contributed by atoms with Gasteiger partial charge in [-0.1, -0.05) is 11.6 Å². The Morgan fingerprint density at radius 3 is 2.37 bits per heavy atom. The SMILES string of the molecule is COC(=O)CCCNC(=O)c1cnccc1Oc1ccc(NC(=O)Nc2ccc(Cl)c(C(F)(F)F)c2)cc1. The molecule has 0 aliphatic carbocycles. The van der Waals surface area contributed by atoms with Crippen molar-refractivity contribution >= 4 is 40.9 Å². The minimum Gasteiger partial charge on any atom is -0.469 e. The molecule has 3 rings (SSSR count). The molecule has 3 amide bonds. The number of pyridine rings is 1. The van der Waals surface area contributed by atoms with E-state index in [2.05, 4.69) is 25.7 Å². The molecule has 0 aliphatic rings. The van der Waals surface area contributed by atoms with Crippen molar-refractivity contribution in [1.29, 1.82) is 0 Å². The minimum atomic E-state index is -4.67. The molecule has 0 saturated heterocycles. The summed E-state index contributed by atoms with van der Waals surface area (Å²) in [5.41, 5.74) is -0.650. The summed E-state index contributed by atoms with van der Waals surface area (Å²) in [6.07, 6.45) is -1.31. The maximum atomic E-state index is 13.0. The van der Waals surface area contributed by atoms with Crippen LogP contribution in [0.1, 0.15) is 28.8 Å². The van der Waals surface area contributed by atoms with Crippen LogP contribution in [0.25, 0.3) is 0 Å². The van der Waals surface area contributed by atoms with E-state index in [1.807, 2.05) is 0 Å². The van der Waals surface area contributed by atoms with E-state index in [9.17, 15) is 27.6 Å². The molecule has 0 spiro atoms. The lowest BCUT2D eigenvalue weighted by Crippen LogP contribution is -2.25. The Kier molecular flexibility index (Phi) is 9.49. The third kappa shape index (κ3) is 8.10. The maximum absolute atomic E-state index is 13.0. The molecule has 0 radical (unpaired) electrons. The van der Waals surface area contributed by atoms with Gasteiger partial charge >= 0.3 is 18.2 Å². The lowest BCUT2D eigenvalue weighted by atomic mass is 10.2. The summed E-state index contributed by atoms with van der Waals surface area (Å²) in [5.74, 6) is -0.244. The summed E-state index contributed by atoms with van der Waals surface area (Å²) in [7, 11) is 1.29. The number of anilines is 2. The zero-order chi connectivity index (χ0) is 27.7. The second-order valence-corrected chi connectivity index (χ2v) is 8.11. The number of rotatable bonds is 9. The second kappa shape index (κ2) is 12.8. The van der Waals surface area contributed by atoms with Crippen LogP contribution in [0.4, 0.5) is 29.3 Å². The van der Waals surface area contributed by atoms with Crippen molar-refractivity contribution in [3.05, 3.63) is 77.1 Å². The molecule has 0 aliphatic heterocycles. The first-order valence-corrected chi connectivity index (χ1v) is 11.5. The number of halogens is 4. The molecule has 0 bridgehead atoms. The Balaban J connectivity index is 1.58. The van der Waals surface area contributed by atoms with Gasteiger partial charge < -0.3 is 25.4 Å². The van der Waals surface area contributed by atoms with Crippen LogP contribution in [-0.2, 0) is 15.7 Å². The molecule has 13 heteroatoms. The minimum absolute atomic E-state index is 0.0898. The number of urea groups is 1. The molecule has 0 atom stereocenters. The van der Waals surface area contributed by atoms with Gasteiger partial charge in [0.1, 0.15) is 17.1 Å². The van der Waals surface area contributed by atoms with Gasteiger partial charge in [0, 0.05) is 36.7 Å². The molecule has 9 nitrogen and oxygen atoms in total. The fourth-order valence-electron chi connectivity index (χ4n) is 3.12. The Morgan fingerprint density at radius 1 is 1.00 bits per heavy atom. The molecule has 1 heterocycles. The van der Waals surface area contributed by atoms with Gasteiger partial charge in [-0.15, -0.1) is 0 Å². The highest BCUT2D eigenvalue weighted by Gasteiger charge is 2.33. The second-order valence-electron chi connectivity index (χ2n) is 7.71. The average molecular weight is 551 g/mol. The number of hydrogen-bond acceptors (Lipinski definition) is 6. The smallest absolute Gasteiger partial charge is 0.417 e. The van der Waals surface area contributed by atoms with Crippen molar-refractivity contribution in [3.63, 3.8) is 0 Å². The van der Waals surface area contributed by atoms with E-state index in [1.54, 1.807) is 0 Å². The number of carbonyl (C=O) groups is 3. The van der Waals surface area contributed by atoms with Gasteiger partial charge in [-0.25, -0.2) is 4.79 Å². The number of ether oxygens (including phenoxy) is 2. The fourth-order valence-corrected chi connectivity index (χ4v) is 3.34. The molecular weight excluding hydrogens is 529 g/mol. The Morgan fingerprint density at radius 2 is 1.68 bits per heavy atom. The summed E-state index contributed by atoms with van der Waals surface area (Å²) in [6, 6.07) is 9.82. The zero-order valence-corrected chi connectivity index (χ0v) is 20.7. The van der Waals surface area contributed by atoms with Crippen LogP contribution >= 0.6 is 11.6 Å². The lowest BCUT2D eigenvalue weighted by molar-refractivity contribution is -0.140. The number of carbonyl (C=O) groups excluding carboxylic acids is 3. The van der Waals surface area contributed by atoms with Gasteiger partial charge in [0.2, 0.25) is 0 Å². The van der Waals surface area contributed by atoms with Gasteiger partial charge in [-0.3, -0.25) is 14.6 Å². The molecule has 200 valence electrons. The summed E-state index contributed by atoms with van der Waals surface area (Å²) in [5, 5.41) is 7.02. The van der Waals surface area contributed by atoms with E-state index in [-0.39, 0.29) is 35.9 Å². The van der Waals surface area contributed by atoms with Crippen LogP contribution in [-0.4, -0.2) is 36.5 Å². The predicted molar refractivity (Wildman–Crippen MR) is 133 cm³/mol. The van der Waals surface area contributed by atoms with Crippen molar-refractivity contribution < 1.29 is 37.0 Å². The number of benzene rings is 2. The first-order valence-electron chi connectivity index (χ1n) is 11.1. The summed E-state index contributed by atoms with van der Waals surface area (Å²) >= 11 is 5.59. The molecule has 3 aromatic rings. The Hall–Kier alpha value is -4.32. The Bertz CT molecular complexity index is 1300. The van der Waals surface area contributed by atoms with E-state index < -0.39 is 28.7 Å². The van der Waals surface area contributed by atoms with E-state index in [0.29, 0.717) is 17.9 Å².